The number of hydrogen-bond acceptors (Lipinski definition) is 7. The summed E-state index contributed by atoms with van der Waals surface area (Å²) in [5.74, 6) is 5.97. The summed E-state index contributed by atoms with van der Waals surface area (Å²) in [5.41, 5.74) is 1.87. The summed E-state index contributed by atoms with van der Waals surface area (Å²) in [6.45, 7) is 2.60. The molecule has 2 aromatic heterocycles. The number of sulfone groups is 1. The van der Waals surface area contributed by atoms with Gasteiger partial charge < -0.3 is 24.7 Å². The van der Waals surface area contributed by atoms with Crippen LogP contribution >= 0.6 is 0 Å². The summed E-state index contributed by atoms with van der Waals surface area (Å²) in [6.07, 6.45) is -2.09. The number of rotatable bonds is 6. The van der Waals surface area contributed by atoms with Crippen molar-refractivity contribution in [3.8, 4) is 17.6 Å². The number of alkyl halides is 3. The Hall–Kier alpha value is -3.27. The Labute approximate surface area is 220 Å². The van der Waals surface area contributed by atoms with Gasteiger partial charge in [-0.05, 0) is 44.1 Å². The molecule has 0 aliphatic carbocycles. The van der Waals surface area contributed by atoms with Crippen LogP contribution in [0.2, 0.25) is 0 Å². The summed E-state index contributed by atoms with van der Waals surface area (Å²) in [5, 5.41) is 6.50. The summed E-state index contributed by atoms with van der Waals surface area (Å²) in [7, 11) is 0.0468. The van der Waals surface area contributed by atoms with Gasteiger partial charge in [0.2, 0.25) is 0 Å². The van der Waals surface area contributed by atoms with Crippen LogP contribution in [0, 0.1) is 11.8 Å². The zero-order valence-electron chi connectivity index (χ0n) is 21.4. The first kappa shape index (κ1) is 27.8. The van der Waals surface area contributed by atoms with Crippen LogP contribution in [0.1, 0.15) is 29.4 Å². The fourth-order valence-electron chi connectivity index (χ4n) is 4.44. The molecule has 1 aliphatic rings. The Morgan fingerprint density at radius 3 is 2.76 bits per heavy atom. The Kier molecular flexibility index (Phi) is 8.20. The SMILES string of the molecule is COc1cc(S(C)(=O)=O)ccc1NCC#Cc1nc2c([C@@H]3CCN(C)CCN3)cccn2c1CC(F)(F)F. The van der Waals surface area contributed by atoms with E-state index >= 15 is 0 Å². The lowest BCUT2D eigenvalue weighted by Crippen LogP contribution is -2.25. The Morgan fingerprint density at radius 2 is 2.05 bits per heavy atom. The molecular formula is C26H30F3N5O3S. The zero-order valence-corrected chi connectivity index (χ0v) is 22.2. The van der Waals surface area contributed by atoms with E-state index in [4.69, 9.17) is 4.74 Å². The van der Waals surface area contributed by atoms with Gasteiger partial charge in [0.1, 0.15) is 17.1 Å². The van der Waals surface area contributed by atoms with Crippen molar-refractivity contribution < 1.29 is 26.3 Å². The number of nitrogens with one attached hydrogen (secondary N) is 2. The maximum Gasteiger partial charge on any atom is 0.394 e. The smallest absolute Gasteiger partial charge is 0.394 e. The molecule has 1 atom stereocenters. The largest absolute Gasteiger partial charge is 0.495 e. The van der Waals surface area contributed by atoms with Crippen LogP contribution in [-0.4, -0.2) is 75.5 Å². The molecule has 2 N–H and O–H groups in total. The van der Waals surface area contributed by atoms with Gasteiger partial charge in [0.05, 0.1) is 36.4 Å². The van der Waals surface area contributed by atoms with E-state index in [1.54, 1.807) is 18.3 Å². The van der Waals surface area contributed by atoms with Gasteiger partial charge in [-0.3, -0.25) is 0 Å². The molecule has 4 rings (SSSR count). The van der Waals surface area contributed by atoms with Crippen LogP contribution in [0.4, 0.5) is 18.9 Å². The van der Waals surface area contributed by atoms with E-state index in [0.29, 0.717) is 17.1 Å². The Bertz CT molecular complexity index is 1470. The highest BCUT2D eigenvalue weighted by Crippen LogP contribution is 2.29. The maximum atomic E-state index is 13.5. The van der Waals surface area contributed by atoms with Crippen molar-refractivity contribution in [1.29, 1.82) is 0 Å². The molecule has 1 aliphatic heterocycles. The lowest BCUT2D eigenvalue weighted by molar-refractivity contribution is -0.128. The number of likely N-dealkylation sites (N-methyl/N-ethyl adjacent to an activating group) is 1. The number of benzene rings is 1. The van der Waals surface area contributed by atoms with E-state index in [1.165, 1.54) is 23.6 Å². The molecule has 0 amide bonds. The maximum absolute atomic E-state index is 13.5. The van der Waals surface area contributed by atoms with Crippen LogP contribution in [0.15, 0.2) is 41.4 Å². The van der Waals surface area contributed by atoms with Gasteiger partial charge in [-0.25, -0.2) is 13.4 Å². The number of methoxy groups -OCH3 is 1. The van der Waals surface area contributed by atoms with Gasteiger partial charge in [0.25, 0.3) is 0 Å². The quantitative estimate of drug-likeness (QED) is 0.457. The Morgan fingerprint density at radius 1 is 1.26 bits per heavy atom. The van der Waals surface area contributed by atoms with Gasteiger partial charge in [0.15, 0.2) is 9.84 Å². The van der Waals surface area contributed by atoms with Crippen LogP contribution < -0.4 is 15.4 Å². The molecule has 3 heterocycles. The lowest BCUT2D eigenvalue weighted by atomic mass is 10.1. The van der Waals surface area contributed by atoms with Crippen molar-refractivity contribution in [1.82, 2.24) is 19.6 Å². The molecule has 204 valence electrons. The van der Waals surface area contributed by atoms with E-state index in [0.717, 1.165) is 37.9 Å². The zero-order chi connectivity index (χ0) is 27.5. The molecule has 38 heavy (non-hydrogen) atoms. The predicted octanol–water partition coefficient (Wildman–Crippen LogP) is 3.28. The van der Waals surface area contributed by atoms with E-state index < -0.39 is 22.4 Å². The predicted molar refractivity (Wildman–Crippen MR) is 139 cm³/mol. The van der Waals surface area contributed by atoms with Crippen LogP contribution in [0.25, 0.3) is 5.65 Å². The number of hydrogen-bond donors (Lipinski definition) is 2. The number of nitrogens with zero attached hydrogens (tertiary/aromatic N) is 3. The molecule has 0 spiro atoms. The lowest BCUT2D eigenvalue weighted by Gasteiger charge is -2.17. The van der Waals surface area contributed by atoms with Crippen molar-refractivity contribution in [3.05, 3.63) is 53.5 Å². The van der Waals surface area contributed by atoms with E-state index in [2.05, 4.69) is 32.4 Å². The fraction of sp³-hybridized carbons (Fsp3) is 0.423. The molecule has 1 aromatic carbocycles. The standard InChI is InChI=1S/C26H30F3N5O3S/c1-33-14-10-20(31-12-15-33)19-6-5-13-34-23(17-26(27,28)29)21(32-25(19)34)7-4-11-30-22-9-8-18(38(3,35)36)16-24(22)37-2/h5-6,8-9,13,16,20,30-31H,10-12,14-15,17H2,1-3H3/t20-/m0/s1. The van der Waals surface area contributed by atoms with E-state index in [9.17, 15) is 21.6 Å². The molecule has 0 bridgehead atoms. The fourth-order valence-corrected chi connectivity index (χ4v) is 5.08. The van der Waals surface area contributed by atoms with Gasteiger partial charge in [-0.2, -0.15) is 13.2 Å². The van der Waals surface area contributed by atoms with Crippen LogP contribution in [-0.2, 0) is 16.3 Å². The van der Waals surface area contributed by atoms with Gasteiger partial charge in [-0.15, -0.1) is 0 Å². The second-order valence-electron chi connectivity index (χ2n) is 9.24. The van der Waals surface area contributed by atoms with Crippen molar-refractivity contribution in [2.45, 2.75) is 30.0 Å². The second-order valence-corrected chi connectivity index (χ2v) is 11.3. The van der Waals surface area contributed by atoms with Crippen molar-refractivity contribution in [2.24, 2.45) is 0 Å². The minimum Gasteiger partial charge on any atom is -0.495 e. The molecule has 0 radical (unpaired) electrons. The van der Waals surface area contributed by atoms with Crippen LogP contribution in [0.3, 0.4) is 0 Å². The van der Waals surface area contributed by atoms with Crippen LogP contribution in [0.5, 0.6) is 5.75 Å². The Balaban J connectivity index is 1.63. The number of anilines is 1. The average Bonchev–Trinajstić information content (AvgIpc) is 3.03. The van der Waals surface area contributed by atoms with Gasteiger partial charge >= 0.3 is 6.18 Å². The number of aromatic nitrogens is 2. The number of ether oxygens (including phenoxy) is 1. The molecule has 0 unspecified atom stereocenters. The average molecular weight is 550 g/mol. The summed E-state index contributed by atoms with van der Waals surface area (Å²) >= 11 is 0. The minimum absolute atomic E-state index is 0.0114. The van der Waals surface area contributed by atoms with E-state index in [1.807, 2.05) is 13.1 Å². The third-order valence-corrected chi connectivity index (χ3v) is 7.49. The molecule has 1 saturated heterocycles. The third kappa shape index (κ3) is 6.59. The molecule has 8 nitrogen and oxygen atoms in total. The molecule has 1 fully saturated rings. The van der Waals surface area contributed by atoms with Gasteiger partial charge in [0, 0.05) is 43.2 Å². The normalized spacial score (nSPS) is 17.1. The first-order chi connectivity index (χ1) is 18.0. The number of pyridine rings is 1. The summed E-state index contributed by atoms with van der Waals surface area (Å²) in [4.78, 5) is 6.87. The molecule has 12 heteroatoms. The van der Waals surface area contributed by atoms with Crippen molar-refractivity contribution >= 4 is 21.2 Å². The first-order valence-electron chi connectivity index (χ1n) is 12.1. The van der Waals surface area contributed by atoms with Crippen molar-refractivity contribution in [2.75, 3.05) is 51.9 Å². The van der Waals surface area contributed by atoms with Gasteiger partial charge in [-0.1, -0.05) is 12.0 Å². The molecule has 0 saturated carbocycles. The summed E-state index contributed by atoms with van der Waals surface area (Å²) in [6, 6.07) is 8.00. The third-order valence-electron chi connectivity index (χ3n) is 6.38. The number of imidazole rings is 1. The monoisotopic (exact) mass is 549 g/mol. The first-order valence-corrected chi connectivity index (χ1v) is 13.9. The topological polar surface area (TPSA) is 88.0 Å². The number of fused-ring (bicyclic) bond motifs is 1. The molecular weight excluding hydrogens is 519 g/mol. The minimum atomic E-state index is -4.43. The van der Waals surface area contributed by atoms with E-state index in [-0.39, 0.29) is 28.9 Å². The number of halogens is 3. The van der Waals surface area contributed by atoms with Crippen molar-refractivity contribution in [3.63, 3.8) is 0 Å². The highest BCUT2D eigenvalue weighted by atomic mass is 32.2. The second kappa shape index (κ2) is 11.2. The molecule has 3 aromatic rings. The summed E-state index contributed by atoms with van der Waals surface area (Å²) < 4.78 is 70.9. The highest BCUT2D eigenvalue weighted by molar-refractivity contribution is 7.90. The highest BCUT2D eigenvalue weighted by Gasteiger charge is 2.32.